The van der Waals surface area contributed by atoms with Crippen LogP contribution in [0.5, 0.6) is 23.0 Å². The van der Waals surface area contributed by atoms with Crippen LogP contribution in [0.15, 0.2) is 18.7 Å². The zero-order valence-corrected chi connectivity index (χ0v) is 24.9. The average Bonchev–Trinajstić information content (AvgIpc) is 3.45. The fourth-order valence-corrected chi connectivity index (χ4v) is 7.59. The molecule has 2 aromatic rings. The molecule has 0 aliphatic carbocycles. The van der Waals surface area contributed by atoms with Crippen LogP contribution in [-0.2, 0) is 17.6 Å². The van der Waals surface area contributed by atoms with E-state index in [9.17, 15) is 15.2 Å². The molecule has 10 nitrogen and oxygen atoms in total. The van der Waals surface area contributed by atoms with Crippen molar-refractivity contribution in [3.05, 3.63) is 57.7 Å². The van der Waals surface area contributed by atoms with Crippen molar-refractivity contribution in [3.8, 4) is 29.1 Å². The molecule has 6 rings (SSSR count). The lowest BCUT2D eigenvalue weighted by atomic mass is 9.71. The lowest BCUT2D eigenvalue weighted by molar-refractivity contribution is -0.123. The molecule has 4 heterocycles. The van der Waals surface area contributed by atoms with E-state index in [1.165, 1.54) is 0 Å². The van der Waals surface area contributed by atoms with Gasteiger partial charge in [-0.15, -0.1) is 0 Å². The number of aryl methyl sites for hydroxylation is 1. The first kappa shape index (κ1) is 28.3. The largest absolute Gasteiger partial charge is 0.507 e. The summed E-state index contributed by atoms with van der Waals surface area (Å²) in [7, 11) is 2.05. The number of phenols is 1. The Kier molecular flexibility index (Phi) is 7.08. The zero-order chi connectivity index (χ0) is 30.0. The molecular formula is C32H39N5O5. The van der Waals surface area contributed by atoms with E-state index < -0.39 is 18.1 Å². The number of amides is 1. The topological polar surface area (TPSA) is 133 Å². The van der Waals surface area contributed by atoms with Gasteiger partial charge in [0.15, 0.2) is 11.5 Å². The van der Waals surface area contributed by atoms with Crippen molar-refractivity contribution >= 4 is 5.91 Å². The highest BCUT2D eigenvalue weighted by atomic mass is 16.7. The summed E-state index contributed by atoms with van der Waals surface area (Å²) in [6, 6.07) is 2.66. The van der Waals surface area contributed by atoms with Crippen LogP contribution in [-0.4, -0.2) is 72.0 Å². The number of aromatic hydroxyl groups is 1. The van der Waals surface area contributed by atoms with Gasteiger partial charge in [0.25, 0.3) is 0 Å². The molecule has 0 aromatic heterocycles. The third-order valence-electron chi connectivity index (χ3n) is 9.66. The Hall–Kier alpha value is -3.78. The fraction of sp³-hybridized carbons (Fsp3) is 0.500. The van der Waals surface area contributed by atoms with Crippen LogP contribution < -0.4 is 25.3 Å². The Bertz CT molecular complexity index is 1510. The van der Waals surface area contributed by atoms with Gasteiger partial charge in [0.1, 0.15) is 24.1 Å². The normalized spacial score (nSPS) is 26.4. The Morgan fingerprint density at radius 2 is 2.00 bits per heavy atom. The SMILES string of the molecule is C=CCOc1c(C)c2c(c3c1CC1[C@H]4c5c(cc(C)c(C)c5O)C[C@H](C(C#N)N1[C@H]3CNC(=O)[C@H](C)N)N4C)OCO2. The van der Waals surface area contributed by atoms with Crippen LogP contribution in [0.25, 0.3) is 0 Å². The third-order valence-corrected chi connectivity index (χ3v) is 9.66. The van der Waals surface area contributed by atoms with Gasteiger partial charge < -0.3 is 30.4 Å². The summed E-state index contributed by atoms with van der Waals surface area (Å²) in [5.74, 6) is 1.98. The van der Waals surface area contributed by atoms with Gasteiger partial charge >= 0.3 is 0 Å². The molecule has 222 valence electrons. The van der Waals surface area contributed by atoms with Gasteiger partial charge in [0.05, 0.1) is 24.2 Å². The van der Waals surface area contributed by atoms with Crippen molar-refractivity contribution in [2.45, 2.75) is 76.8 Å². The second-order valence-corrected chi connectivity index (χ2v) is 12.0. The van der Waals surface area contributed by atoms with Crippen LogP contribution in [0.1, 0.15) is 58.0 Å². The Morgan fingerprint density at radius 1 is 1.26 bits per heavy atom. The highest BCUT2D eigenvalue weighted by Gasteiger charge is 2.56. The number of ether oxygens (including phenoxy) is 3. The first-order chi connectivity index (χ1) is 20.1. The number of likely N-dealkylation sites (N-methyl/N-ethyl adjacent to an activating group) is 1. The first-order valence-electron chi connectivity index (χ1n) is 14.5. The number of piperazine rings is 1. The third kappa shape index (κ3) is 4.06. The molecule has 42 heavy (non-hydrogen) atoms. The van der Waals surface area contributed by atoms with Crippen molar-refractivity contribution in [2.75, 3.05) is 27.0 Å². The maximum absolute atomic E-state index is 12.8. The smallest absolute Gasteiger partial charge is 0.236 e. The second-order valence-electron chi connectivity index (χ2n) is 12.0. The number of nitrogens with one attached hydrogen (secondary N) is 1. The molecule has 10 heteroatoms. The van der Waals surface area contributed by atoms with Gasteiger partial charge in [0, 0.05) is 40.9 Å². The van der Waals surface area contributed by atoms with Gasteiger partial charge in [0.2, 0.25) is 12.7 Å². The maximum atomic E-state index is 12.8. The predicted octanol–water partition coefficient (Wildman–Crippen LogP) is 2.85. The number of benzene rings is 2. The highest BCUT2D eigenvalue weighted by molar-refractivity contribution is 5.81. The lowest BCUT2D eigenvalue weighted by Gasteiger charge is -2.60. The van der Waals surface area contributed by atoms with E-state index in [4.69, 9.17) is 19.9 Å². The van der Waals surface area contributed by atoms with Crippen LogP contribution in [0.4, 0.5) is 0 Å². The van der Waals surface area contributed by atoms with Gasteiger partial charge in [-0.25, -0.2) is 0 Å². The fourth-order valence-electron chi connectivity index (χ4n) is 7.59. The molecule has 1 saturated heterocycles. The average molecular weight is 574 g/mol. The van der Waals surface area contributed by atoms with E-state index in [0.717, 1.165) is 38.9 Å². The molecule has 2 bridgehead atoms. The highest BCUT2D eigenvalue weighted by Crippen LogP contribution is 2.57. The monoisotopic (exact) mass is 573 g/mol. The van der Waals surface area contributed by atoms with Crippen LogP contribution in [0, 0.1) is 32.1 Å². The Morgan fingerprint density at radius 3 is 2.69 bits per heavy atom. The summed E-state index contributed by atoms with van der Waals surface area (Å²) in [5.41, 5.74) is 12.5. The second kappa shape index (κ2) is 10.5. The number of rotatable bonds is 6. The van der Waals surface area contributed by atoms with Crippen molar-refractivity contribution in [1.82, 2.24) is 15.1 Å². The summed E-state index contributed by atoms with van der Waals surface area (Å²) >= 11 is 0. The van der Waals surface area contributed by atoms with Crippen LogP contribution in [0.2, 0.25) is 0 Å². The van der Waals surface area contributed by atoms with Gasteiger partial charge in [-0.05, 0) is 64.3 Å². The number of carbonyl (C=O) groups excluding carboxylic acids is 1. The quantitative estimate of drug-likeness (QED) is 0.446. The zero-order valence-electron chi connectivity index (χ0n) is 24.9. The number of nitrogens with two attached hydrogens (primary N) is 1. The summed E-state index contributed by atoms with van der Waals surface area (Å²) in [6.45, 7) is 12.0. The predicted molar refractivity (Wildman–Crippen MR) is 157 cm³/mol. The van der Waals surface area contributed by atoms with Crippen LogP contribution >= 0.6 is 0 Å². The number of hydrogen-bond donors (Lipinski definition) is 3. The Balaban J connectivity index is 1.60. The van der Waals surface area contributed by atoms with E-state index in [0.29, 0.717) is 42.4 Å². The van der Waals surface area contributed by atoms with E-state index in [2.05, 4.69) is 40.9 Å². The van der Waals surface area contributed by atoms with Gasteiger partial charge in [-0.3, -0.25) is 14.6 Å². The lowest BCUT2D eigenvalue weighted by Crippen LogP contribution is -2.68. The summed E-state index contributed by atoms with van der Waals surface area (Å²) in [5, 5.41) is 25.3. The summed E-state index contributed by atoms with van der Waals surface area (Å²) in [4.78, 5) is 17.3. The van der Waals surface area contributed by atoms with E-state index in [1.54, 1.807) is 13.0 Å². The number of phenolic OH excluding ortho intramolecular Hbond substituents is 1. The molecule has 6 atom stereocenters. The summed E-state index contributed by atoms with van der Waals surface area (Å²) in [6.07, 6.45) is 2.88. The van der Waals surface area contributed by atoms with Crippen molar-refractivity contribution < 1.29 is 24.1 Å². The van der Waals surface area contributed by atoms with Gasteiger partial charge in [-0.1, -0.05) is 18.7 Å². The maximum Gasteiger partial charge on any atom is 0.236 e. The molecule has 2 unspecified atom stereocenters. The minimum Gasteiger partial charge on any atom is -0.507 e. The molecule has 2 aromatic carbocycles. The minimum atomic E-state index is -0.688. The Labute approximate surface area is 246 Å². The number of hydrogen-bond acceptors (Lipinski definition) is 9. The van der Waals surface area contributed by atoms with Gasteiger partial charge in [-0.2, -0.15) is 5.26 Å². The number of fused-ring (bicyclic) bond motifs is 9. The first-order valence-corrected chi connectivity index (χ1v) is 14.5. The molecule has 0 spiro atoms. The number of nitriles is 1. The molecule has 0 radical (unpaired) electrons. The van der Waals surface area contributed by atoms with E-state index >= 15 is 0 Å². The van der Waals surface area contributed by atoms with Crippen molar-refractivity contribution in [3.63, 3.8) is 0 Å². The van der Waals surface area contributed by atoms with E-state index in [-0.39, 0.29) is 37.4 Å². The molecule has 1 fully saturated rings. The summed E-state index contributed by atoms with van der Waals surface area (Å²) < 4.78 is 18.3. The van der Waals surface area contributed by atoms with Crippen molar-refractivity contribution in [1.29, 1.82) is 5.26 Å². The number of nitrogens with zero attached hydrogens (tertiary/aromatic N) is 3. The molecule has 1 amide bonds. The van der Waals surface area contributed by atoms with Crippen LogP contribution in [0.3, 0.4) is 0 Å². The number of carbonyl (C=O) groups is 1. The molecule has 4 N–H and O–H groups in total. The molecule has 4 aliphatic rings. The molecular weight excluding hydrogens is 534 g/mol. The standard InChI is InChI=1S/C32H39N5O5/c1-7-8-40-29-17(4)30-31(42-14-41-30)26-20(29)11-22-27-25-19(9-15(2)16(3)28(25)38)10-21(36(27)6)23(12-33)37(22)24(26)13-35-32(39)18(5)34/h7,9,18,21-24,27,38H,1,8,10-11,13-14,34H2,2-6H3,(H,35,39)/t18-,21+,22?,23?,24-,27-/m0/s1. The van der Waals surface area contributed by atoms with E-state index in [1.807, 2.05) is 20.8 Å². The molecule has 0 saturated carbocycles. The molecule has 4 aliphatic heterocycles. The van der Waals surface area contributed by atoms with Crippen molar-refractivity contribution in [2.24, 2.45) is 5.73 Å². The minimum absolute atomic E-state index is 0.0748.